The highest BCUT2D eigenvalue weighted by Gasteiger charge is 2.06. The molecule has 7 rings (SSSR count). The van der Waals surface area contributed by atoms with Gasteiger partial charge in [0.25, 0.3) is 0 Å². The van der Waals surface area contributed by atoms with E-state index in [1.807, 2.05) is 109 Å². The second kappa shape index (κ2) is 18.6. The van der Waals surface area contributed by atoms with Crippen LogP contribution in [0.3, 0.4) is 0 Å². The van der Waals surface area contributed by atoms with Crippen LogP contribution in [0.1, 0.15) is 44.5 Å². The third-order valence-corrected chi connectivity index (χ3v) is 8.67. The minimum absolute atomic E-state index is 0.480. The summed E-state index contributed by atoms with van der Waals surface area (Å²) in [6, 6.07) is 61.2. The van der Waals surface area contributed by atoms with Crippen LogP contribution in [0.4, 0.5) is 0 Å². The molecule has 0 spiro atoms. The molecule has 0 amide bonds. The van der Waals surface area contributed by atoms with Gasteiger partial charge in [0, 0.05) is 12.1 Å². The van der Waals surface area contributed by atoms with E-state index in [0.29, 0.717) is 26.4 Å². The molecule has 0 saturated heterocycles. The van der Waals surface area contributed by atoms with Gasteiger partial charge in [-0.3, -0.25) is 0 Å². The maximum atomic E-state index is 6.20. The molecule has 0 fully saturated rings. The van der Waals surface area contributed by atoms with E-state index in [1.54, 1.807) is 0 Å². The Morgan fingerprint density at radius 3 is 0.759 bits per heavy atom. The van der Waals surface area contributed by atoms with Crippen molar-refractivity contribution in [3.63, 3.8) is 0 Å². The molecule has 54 heavy (non-hydrogen) atoms. The minimum Gasteiger partial charge on any atom is -0.489 e. The molecule has 266 valence electrons. The highest BCUT2D eigenvalue weighted by molar-refractivity contribution is 5.74. The Bertz CT molecular complexity index is 1960. The lowest BCUT2D eigenvalue weighted by Gasteiger charge is -2.12. The van der Waals surface area contributed by atoms with Crippen molar-refractivity contribution in [3.05, 3.63) is 226 Å². The first kappa shape index (κ1) is 35.6. The van der Waals surface area contributed by atoms with E-state index in [-0.39, 0.29) is 0 Å². The Balaban J connectivity index is 1.04. The zero-order valence-electron chi connectivity index (χ0n) is 30.1. The van der Waals surface area contributed by atoms with E-state index in [1.165, 1.54) is 0 Å². The Labute approximate surface area is 318 Å². The van der Waals surface area contributed by atoms with Crippen LogP contribution in [0.15, 0.2) is 182 Å². The highest BCUT2D eigenvalue weighted by Crippen LogP contribution is 2.28. The van der Waals surface area contributed by atoms with Crippen LogP contribution in [0, 0.1) is 0 Å². The lowest BCUT2D eigenvalue weighted by Crippen LogP contribution is -1.98. The molecule has 0 bridgehead atoms. The summed E-state index contributed by atoms with van der Waals surface area (Å²) in [6.07, 6.45) is 8.39. The number of ether oxygens (including phenoxy) is 4. The number of benzene rings is 7. The summed E-state index contributed by atoms with van der Waals surface area (Å²) < 4.78 is 24.8. The summed E-state index contributed by atoms with van der Waals surface area (Å²) in [5, 5.41) is 0. The second-order valence-electron chi connectivity index (χ2n) is 12.9. The molecule has 0 unspecified atom stereocenters. The van der Waals surface area contributed by atoms with Crippen molar-refractivity contribution in [3.8, 4) is 23.0 Å². The standard InChI is InChI=1S/C50H42O4/c1-5-13-41(14-6-1)35-51-47-29-45(30-48(33-47)52-36-42-15-7-2-8-16-42)27-25-39-21-23-40(24-22-39)26-28-46-31-49(53-37-43-17-9-3-10-18-43)34-50(32-46)54-38-44-19-11-4-12-20-44/h1-34H,35-38H2/b27-25+,28-26+. The average Bonchev–Trinajstić information content (AvgIpc) is 3.24. The Hall–Kier alpha value is -6.78. The van der Waals surface area contributed by atoms with Gasteiger partial charge in [0.1, 0.15) is 49.4 Å². The molecule has 7 aromatic rings. The zero-order valence-corrected chi connectivity index (χ0v) is 30.1. The second-order valence-corrected chi connectivity index (χ2v) is 12.9. The fourth-order valence-corrected chi connectivity index (χ4v) is 5.78. The summed E-state index contributed by atoms with van der Waals surface area (Å²) in [4.78, 5) is 0. The Kier molecular flexibility index (Phi) is 12.3. The largest absolute Gasteiger partial charge is 0.489 e. The first-order valence-corrected chi connectivity index (χ1v) is 18.1. The minimum atomic E-state index is 0.480. The van der Waals surface area contributed by atoms with Crippen LogP contribution in [0.25, 0.3) is 24.3 Å². The number of hydrogen-bond donors (Lipinski definition) is 0. The summed E-state index contributed by atoms with van der Waals surface area (Å²) >= 11 is 0. The molecule has 0 N–H and O–H groups in total. The van der Waals surface area contributed by atoms with E-state index >= 15 is 0 Å². The van der Waals surface area contributed by atoms with Gasteiger partial charge in [0.15, 0.2) is 0 Å². The van der Waals surface area contributed by atoms with E-state index in [0.717, 1.165) is 67.5 Å². The monoisotopic (exact) mass is 706 g/mol. The molecule has 4 heteroatoms. The molecule has 0 heterocycles. The molecule has 0 aromatic heterocycles. The van der Waals surface area contributed by atoms with Crippen LogP contribution in [0.5, 0.6) is 23.0 Å². The predicted octanol–water partition coefficient (Wildman–Crippen LogP) is 12.3. The number of rotatable bonds is 16. The molecule has 0 aliphatic rings. The molecular formula is C50H42O4. The van der Waals surface area contributed by atoms with Gasteiger partial charge in [-0.15, -0.1) is 0 Å². The van der Waals surface area contributed by atoms with Crippen molar-refractivity contribution in [1.29, 1.82) is 0 Å². The van der Waals surface area contributed by atoms with E-state index in [2.05, 4.69) is 97.1 Å². The smallest absolute Gasteiger partial charge is 0.124 e. The lowest BCUT2D eigenvalue weighted by atomic mass is 10.1. The van der Waals surface area contributed by atoms with Crippen LogP contribution >= 0.6 is 0 Å². The molecule has 0 aliphatic heterocycles. The van der Waals surface area contributed by atoms with Crippen molar-refractivity contribution < 1.29 is 18.9 Å². The normalized spacial score (nSPS) is 11.1. The molecular weight excluding hydrogens is 665 g/mol. The van der Waals surface area contributed by atoms with Crippen molar-refractivity contribution >= 4 is 24.3 Å². The van der Waals surface area contributed by atoms with Gasteiger partial charge in [0.2, 0.25) is 0 Å². The van der Waals surface area contributed by atoms with Gasteiger partial charge < -0.3 is 18.9 Å². The fraction of sp³-hybridized carbons (Fsp3) is 0.0800. The first-order valence-electron chi connectivity index (χ1n) is 18.1. The lowest BCUT2D eigenvalue weighted by molar-refractivity contribution is 0.289. The molecule has 0 radical (unpaired) electrons. The van der Waals surface area contributed by atoms with Gasteiger partial charge in [-0.05, 0) is 68.8 Å². The van der Waals surface area contributed by atoms with E-state index < -0.39 is 0 Å². The van der Waals surface area contributed by atoms with Gasteiger partial charge in [-0.25, -0.2) is 0 Å². The van der Waals surface area contributed by atoms with Gasteiger partial charge >= 0.3 is 0 Å². The summed E-state index contributed by atoms with van der Waals surface area (Å²) in [7, 11) is 0. The summed E-state index contributed by atoms with van der Waals surface area (Å²) in [5.74, 6) is 3.03. The van der Waals surface area contributed by atoms with Gasteiger partial charge in [0.05, 0.1) is 0 Å². The molecule has 0 saturated carbocycles. The fourth-order valence-electron chi connectivity index (χ4n) is 5.78. The SMILES string of the molecule is C(=C\c1cc(OCc2ccccc2)cc(OCc2ccccc2)c1)/c1ccc(/C=C/c2cc(OCc3ccccc3)cc(OCc3ccccc3)c2)cc1. The van der Waals surface area contributed by atoms with Crippen molar-refractivity contribution in [2.24, 2.45) is 0 Å². The van der Waals surface area contributed by atoms with Crippen molar-refractivity contribution in [2.45, 2.75) is 26.4 Å². The predicted molar refractivity (Wildman–Crippen MR) is 220 cm³/mol. The van der Waals surface area contributed by atoms with E-state index in [4.69, 9.17) is 18.9 Å². The third-order valence-electron chi connectivity index (χ3n) is 8.67. The van der Waals surface area contributed by atoms with Crippen LogP contribution in [-0.2, 0) is 26.4 Å². The number of hydrogen-bond acceptors (Lipinski definition) is 4. The van der Waals surface area contributed by atoms with Crippen LogP contribution < -0.4 is 18.9 Å². The molecule has 7 aromatic carbocycles. The van der Waals surface area contributed by atoms with Gasteiger partial charge in [-0.2, -0.15) is 0 Å². The first-order chi connectivity index (χ1) is 26.7. The quantitative estimate of drug-likeness (QED) is 0.0938. The Morgan fingerprint density at radius 2 is 0.500 bits per heavy atom. The maximum absolute atomic E-state index is 6.20. The third kappa shape index (κ3) is 11.1. The van der Waals surface area contributed by atoms with Crippen LogP contribution in [-0.4, -0.2) is 0 Å². The summed E-state index contributed by atoms with van der Waals surface area (Å²) in [6.45, 7) is 1.92. The highest BCUT2D eigenvalue weighted by atomic mass is 16.5. The van der Waals surface area contributed by atoms with Crippen LogP contribution in [0.2, 0.25) is 0 Å². The molecule has 4 nitrogen and oxygen atoms in total. The molecule has 0 atom stereocenters. The van der Waals surface area contributed by atoms with E-state index in [9.17, 15) is 0 Å². The Morgan fingerprint density at radius 1 is 0.259 bits per heavy atom. The summed E-state index contributed by atoms with van der Waals surface area (Å²) in [5.41, 5.74) is 8.60. The topological polar surface area (TPSA) is 36.9 Å². The molecule has 0 aliphatic carbocycles. The maximum Gasteiger partial charge on any atom is 0.124 e. The van der Waals surface area contributed by atoms with Crippen molar-refractivity contribution in [1.82, 2.24) is 0 Å². The van der Waals surface area contributed by atoms with Crippen molar-refractivity contribution in [2.75, 3.05) is 0 Å². The zero-order chi connectivity index (χ0) is 36.6. The van der Waals surface area contributed by atoms with Gasteiger partial charge in [-0.1, -0.05) is 170 Å². The average molecular weight is 707 g/mol.